The van der Waals surface area contributed by atoms with Gasteiger partial charge in [0.25, 0.3) is 0 Å². The van der Waals surface area contributed by atoms with Crippen LogP contribution >= 0.6 is 11.6 Å². The number of ether oxygens (including phenoxy) is 2. The zero-order valence-corrected chi connectivity index (χ0v) is 14.4. The third-order valence-electron chi connectivity index (χ3n) is 3.41. The number of rotatable bonds is 9. The Morgan fingerprint density at radius 1 is 1.21 bits per heavy atom. The monoisotopic (exact) mass is 354 g/mol. The predicted octanol–water partition coefficient (Wildman–Crippen LogP) is 2.51. The SMILES string of the molecule is CCOc1cc(C[NH2+]CCO)cc(Cl)c1OCc1ccccc1F. The van der Waals surface area contributed by atoms with Crippen molar-refractivity contribution in [2.24, 2.45) is 0 Å². The van der Waals surface area contributed by atoms with Gasteiger partial charge in [0.2, 0.25) is 0 Å². The van der Waals surface area contributed by atoms with Crippen molar-refractivity contribution in [3.63, 3.8) is 0 Å². The van der Waals surface area contributed by atoms with Crippen molar-refractivity contribution in [3.8, 4) is 11.5 Å². The lowest BCUT2D eigenvalue weighted by Gasteiger charge is -2.15. The third kappa shape index (κ3) is 5.09. The Kier molecular flexibility index (Phi) is 7.31. The maximum absolute atomic E-state index is 13.7. The number of hydrogen-bond donors (Lipinski definition) is 2. The molecule has 130 valence electrons. The van der Waals surface area contributed by atoms with E-state index in [-0.39, 0.29) is 19.0 Å². The van der Waals surface area contributed by atoms with Gasteiger partial charge in [-0.25, -0.2) is 4.39 Å². The molecule has 0 fully saturated rings. The van der Waals surface area contributed by atoms with E-state index >= 15 is 0 Å². The number of aliphatic hydroxyl groups excluding tert-OH is 1. The number of halogens is 2. The summed E-state index contributed by atoms with van der Waals surface area (Å²) in [5.74, 6) is 0.628. The summed E-state index contributed by atoms with van der Waals surface area (Å²) in [5, 5.41) is 11.2. The van der Waals surface area contributed by atoms with Crippen LogP contribution in [-0.2, 0) is 13.2 Å². The van der Waals surface area contributed by atoms with Crippen molar-refractivity contribution in [1.82, 2.24) is 0 Å². The van der Waals surface area contributed by atoms with Gasteiger partial charge < -0.3 is 19.9 Å². The van der Waals surface area contributed by atoms with Crippen molar-refractivity contribution in [2.45, 2.75) is 20.1 Å². The number of hydrogen-bond acceptors (Lipinski definition) is 3. The first-order valence-electron chi connectivity index (χ1n) is 7.89. The number of nitrogens with two attached hydrogens (primary N) is 1. The van der Waals surface area contributed by atoms with Gasteiger partial charge in [0.1, 0.15) is 19.0 Å². The highest BCUT2D eigenvalue weighted by molar-refractivity contribution is 6.32. The summed E-state index contributed by atoms with van der Waals surface area (Å²) in [6.07, 6.45) is 0. The van der Waals surface area contributed by atoms with E-state index in [0.29, 0.717) is 41.8 Å². The van der Waals surface area contributed by atoms with Crippen LogP contribution in [0.25, 0.3) is 0 Å². The van der Waals surface area contributed by atoms with Crippen molar-refractivity contribution in [1.29, 1.82) is 0 Å². The molecule has 0 aliphatic carbocycles. The molecular formula is C18H22ClFNO3+. The molecule has 2 aromatic rings. The molecule has 0 aliphatic heterocycles. The maximum Gasteiger partial charge on any atom is 0.180 e. The first-order valence-corrected chi connectivity index (χ1v) is 8.27. The lowest BCUT2D eigenvalue weighted by molar-refractivity contribution is -0.671. The second-order valence-corrected chi connectivity index (χ2v) is 5.63. The normalized spacial score (nSPS) is 10.7. The van der Waals surface area contributed by atoms with Crippen LogP contribution in [0.4, 0.5) is 4.39 Å². The van der Waals surface area contributed by atoms with Crippen LogP contribution in [0.3, 0.4) is 0 Å². The fraction of sp³-hybridized carbons (Fsp3) is 0.333. The van der Waals surface area contributed by atoms with Gasteiger partial charge in [-0.2, -0.15) is 0 Å². The van der Waals surface area contributed by atoms with Gasteiger partial charge in [-0.3, -0.25) is 0 Å². The van der Waals surface area contributed by atoms with E-state index in [1.807, 2.05) is 18.3 Å². The van der Waals surface area contributed by atoms with Crippen LogP contribution in [0.2, 0.25) is 5.02 Å². The van der Waals surface area contributed by atoms with E-state index in [4.69, 9.17) is 26.2 Å². The fourth-order valence-electron chi connectivity index (χ4n) is 2.27. The van der Waals surface area contributed by atoms with E-state index in [2.05, 4.69) is 0 Å². The minimum atomic E-state index is -0.318. The molecule has 0 radical (unpaired) electrons. The van der Waals surface area contributed by atoms with Gasteiger partial charge >= 0.3 is 0 Å². The smallest absolute Gasteiger partial charge is 0.180 e. The zero-order chi connectivity index (χ0) is 17.4. The lowest BCUT2D eigenvalue weighted by atomic mass is 10.2. The highest BCUT2D eigenvalue weighted by Crippen LogP contribution is 2.37. The summed E-state index contributed by atoms with van der Waals surface area (Å²) in [5.41, 5.74) is 1.42. The summed E-state index contributed by atoms with van der Waals surface area (Å²) in [6.45, 7) is 3.83. The average molecular weight is 355 g/mol. The van der Waals surface area contributed by atoms with Gasteiger partial charge in [-0.15, -0.1) is 0 Å². The molecule has 24 heavy (non-hydrogen) atoms. The Hall–Kier alpha value is -1.82. The first-order chi connectivity index (χ1) is 11.7. The molecule has 3 N–H and O–H groups in total. The molecule has 0 spiro atoms. The Bertz CT molecular complexity index is 667. The molecule has 0 aliphatic rings. The summed E-state index contributed by atoms with van der Waals surface area (Å²) in [6, 6.07) is 10.1. The zero-order valence-electron chi connectivity index (χ0n) is 13.6. The third-order valence-corrected chi connectivity index (χ3v) is 3.69. The summed E-state index contributed by atoms with van der Waals surface area (Å²) >= 11 is 6.33. The maximum atomic E-state index is 13.7. The van der Waals surface area contributed by atoms with E-state index in [0.717, 1.165) is 5.56 Å². The van der Waals surface area contributed by atoms with Crippen LogP contribution in [0.5, 0.6) is 11.5 Å². The van der Waals surface area contributed by atoms with E-state index in [1.54, 1.807) is 24.3 Å². The van der Waals surface area contributed by atoms with Crippen LogP contribution in [0.15, 0.2) is 36.4 Å². The van der Waals surface area contributed by atoms with Gasteiger partial charge in [-0.05, 0) is 25.1 Å². The van der Waals surface area contributed by atoms with Crippen molar-refractivity contribution >= 4 is 11.6 Å². The van der Waals surface area contributed by atoms with Crippen LogP contribution in [0.1, 0.15) is 18.1 Å². The van der Waals surface area contributed by atoms with E-state index in [1.165, 1.54) is 6.07 Å². The van der Waals surface area contributed by atoms with Gasteiger partial charge in [0, 0.05) is 11.1 Å². The second-order valence-electron chi connectivity index (χ2n) is 5.22. The molecule has 6 heteroatoms. The van der Waals surface area contributed by atoms with E-state index < -0.39 is 0 Å². The van der Waals surface area contributed by atoms with E-state index in [9.17, 15) is 4.39 Å². The van der Waals surface area contributed by atoms with Crippen LogP contribution in [0, 0.1) is 5.82 Å². The van der Waals surface area contributed by atoms with Crippen molar-refractivity contribution < 1.29 is 24.3 Å². The Morgan fingerprint density at radius 3 is 2.71 bits per heavy atom. The number of quaternary nitrogens is 1. The highest BCUT2D eigenvalue weighted by atomic mass is 35.5. The Labute approximate surface area is 146 Å². The molecule has 0 heterocycles. The molecule has 0 aromatic heterocycles. The van der Waals surface area contributed by atoms with Gasteiger partial charge in [-0.1, -0.05) is 29.8 Å². The second kappa shape index (κ2) is 9.47. The van der Waals surface area contributed by atoms with Gasteiger partial charge in [0.15, 0.2) is 11.5 Å². The molecule has 4 nitrogen and oxygen atoms in total. The standard InChI is InChI=1S/C18H21ClFNO3/c1-2-23-17-10-13(11-21-7-8-22)9-15(19)18(17)24-12-14-5-3-4-6-16(14)20/h3-6,9-10,21-22H,2,7-8,11-12H2,1H3/p+1. The molecule has 0 amide bonds. The molecule has 0 bridgehead atoms. The minimum Gasteiger partial charge on any atom is -0.490 e. The van der Waals surface area contributed by atoms with Crippen molar-refractivity contribution in [2.75, 3.05) is 19.8 Å². The molecule has 2 aromatic carbocycles. The number of aliphatic hydroxyl groups is 1. The molecule has 0 saturated heterocycles. The lowest BCUT2D eigenvalue weighted by Crippen LogP contribution is -2.83. The predicted molar refractivity (Wildman–Crippen MR) is 90.9 cm³/mol. The Balaban J connectivity index is 2.16. The van der Waals surface area contributed by atoms with Crippen LogP contribution in [-0.4, -0.2) is 24.9 Å². The number of benzene rings is 2. The van der Waals surface area contributed by atoms with Gasteiger partial charge in [0.05, 0.1) is 24.8 Å². The minimum absolute atomic E-state index is 0.0719. The molecule has 2 rings (SSSR count). The Morgan fingerprint density at radius 2 is 2.00 bits per heavy atom. The molecule has 0 atom stereocenters. The topological polar surface area (TPSA) is 55.3 Å². The fourth-order valence-corrected chi connectivity index (χ4v) is 2.56. The molecule has 0 saturated carbocycles. The summed E-state index contributed by atoms with van der Waals surface area (Å²) in [4.78, 5) is 0. The summed E-state index contributed by atoms with van der Waals surface area (Å²) < 4.78 is 25.0. The average Bonchev–Trinajstić information content (AvgIpc) is 2.56. The van der Waals surface area contributed by atoms with Crippen molar-refractivity contribution in [3.05, 3.63) is 58.4 Å². The van der Waals surface area contributed by atoms with Crippen LogP contribution < -0.4 is 14.8 Å². The quantitative estimate of drug-likeness (QED) is 0.680. The largest absolute Gasteiger partial charge is 0.490 e. The molecular weight excluding hydrogens is 333 g/mol. The highest BCUT2D eigenvalue weighted by Gasteiger charge is 2.14. The first kappa shape index (κ1) is 18.5. The molecule has 0 unspecified atom stereocenters. The summed E-state index contributed by atoms with van der Waals surface area (Å²) in [7, 11) is 0.